The molecule has 0 bridgehead atoms. The van der Waals surface area contributed by atoms with Crippen molar-refractivity contribution in [1.29, 1.82) is 0 Å². The Hall–Kier alpha value is -2.97. The van der Waals surface area contributed by atoms with Gasteiger partial charge in [0.15, 0.2) is 5.72 Å². The third-order valence-corrected chi connectivity index (χ3v) is 7.14. The smallest absolute Gasteiger partial charge is 0.257 e. The molecule has 0 saturated heterocycles. The van der Waals surface area contributed by atoms with E-state index < -0.39 is 35.8 Å². The fraction of sp³-hybridized carbons (Fsp3) is 0.379. The minimum atomic E-state index is -2.89. The van der Waals surface area contributed by atoms with Gasteiger partial charge in [-0.3, -0.25) is 9.69 Å². The molecule has 7 nitrogen and oxygen atoms in total. The molecular weight excluding hydrogens is 492 g/mol. The maximum Gasteiger partial charge on any atom is 0.257 e. The minimum Gasteiger partial charge on any atom is -0.481 e. The Bertz CT molecular complexity index is 1470. The number of aliphatic hydroxyl groups is 2. The van der Waals surface area contributed by atoms with E-state index in [2.05, 4.69) is 4.98 Å². The van der Waals surface area contributed by atoms with Gasteiger partial charge in [0.25, 0.3) is 5.91 Å². The number of amides is 1. The van der Waals surface area contributed by atoms with Gasteiger partial charge in [-0.25, -0.2) is 4.98 Å². The highest BCUT2D eigenvalue weighted by molar-refractivity contribution is 6.30. The molecule has 1 aliphatic carbocycles. The molecule has 1 atom stereocenters. The van der Waals surface area contributed by atoms with Crippen molar-refractivity contribution in [2.45, 2.75) is 44.6 Å². The number of pyridine rings is 1. The molecule has 3 aromatic rings. The number of nitrogens with zero attached hydrogens (tertiary/aromatic N) is 2. The van der Waals surface area contributed by atoms with Crippen LogP contribution in [0.4, 0.5) is 0 Å². The molecule has 5 rings (SSSR count). The van der Waals surface area contributed by atoms with Gasteiger partial charge in [0.2, 0.25) is 5.88 Å². The second-order valence-electron chi connectivity index (χ2n) is 9.97. The molecule has 0 spiro atoms. The maximum absolute atomic E-state index is 14.3. The number of carbonyl (C=O) groups is 1. The van der Waals surface area contributed by atoms with E-state index in [-0.39, 0.29) is 24.9 Å². The van der Waals surface area contributed by atoms with Crippen LogP contribution in [0.1, 0.15) is 64.8 Å². The van der Waals surface area contributed by atoms with Gasteiger partial charge in [-0.1, -0.05) is 41.9 Å². The van der Waals surface area contributed by atoms with Gasteiger partial charge in [-0.15, -0.1) is 0 Å². The molecule has 2 aromatic carbocycles. The predicted molar refractivity (Wildman–Crippen MR) is 139 cm³/mol. The molecular formula is C29H31ClN2O5. The number of methoxy groups -OCH3 is 1. The third kappa shape index (κ3) is 4.61. The Kier molecular flexibility index (Phi) is 5.34. The normalized spacial score (nSPS) is 22.5. The number of carbonyl (C=O) groups excluding carboxylic acids is 1. The lowest BCUT2D eigenvalue weighted by Gasteiger charge is -2.40. The highest BCUT2D eigenvalue weighted by atomic mass is 35.5. The van der Waals surface area contributed by atoms with Gasteiger partial charge in [-0.2, -0.15) is 0 Å². The van der Waals surface area contributed by atoms with Crippen molar-refractivity contribution in [1.82, 2.24) is 9.88 Å². The zero-order valence-electron chi connectivity index (χ0n) is 24.8. The molecule has 1 aliphatic heterocycles. The van der Waals surface area contributed by atoms with E-state index in [9.17, 15) is 15.0 Å². The summed E-state index contributed by atoms with van der Waals surface area (Å²) in [5, 5.41) is 21.5. The molecule has 0 unspecified atom stereocenters. The summed E-state index contributed by atoms with van der Waals surface area (Å²) in [6, 6.07) is 14.6. The average molecular weight is 527 g/mol. The summed E-state index contributed by atoms with van der Waals surface area (Å²) in [6.07, 6.45) is 1.62. The zero-order valence-corrected chi connectivity index (χ0v) is 21.5. The molecule has 1 saturated carbocycles. The lowest BCUT2D eigenvalue weighted by Crippen LogP contribution is -2.47. The Labute approximate surface area is 227 Å². The van der Waals surface area contributed by atoms with Crippen LogP contribution >= 0.6 is 11.6 Å². The molecule has 2 aliphatic rings. The van der Waals surface area contributed by atoms with E-state index in [0.717, 1.165) is 0 Å². The van der Waals surface area contributed by atoms with E-state index in [0.29, 0.717) is 33.2 Å². The van der Waals surface area contributed by atoms with Crippen LogP contribution in [-0.4, -0.2) is 46.2 Å². The number of hydrogen-bond donors (Lipinski definition) is 2. The molecule has 1 fully saturated rings. The first kappa shape index (κ1) is 21.0. The van der Waals surface area contributed by atoms with E-state index in [1.807, 2.05) is 0 Å². The summed E-state index contributed by atoms with van der Waals surface area (Å²) < 4.78 is 45.6. The lowest BCUT2D eigenvalue weighted by molar-refractivity contribution is -0.129. The highest BCUT2D eigenvalue weighted by Gasteiger charge is 2.55. The molecule has 1 aromatic heterocycles. The summed E-state index contributed by atoms with van der Waals surface area (Å²) in [5.41, 5.74) is -3.11. The molecule has 37 heavy (non-hydrogen) atoms. The number of benzene rings is 2. The van der Waals surface area contributed by atoms with E-state index in [1.165, 1.54) is 18.2 Å². The van der Waals surface area contributed by atoms with Crippen molar-refractivity contribution in [3.05, 3.63) is 93.6 Å². The van der Waals surface area contributed by atoms with Crippen LogP contribution in [0.3, 0.4) is 0 Å². The monoisotopic (exact) mass is 526 g/mol. The first-order valence-electron chi connectivity index (χ1n) is 13.9. The van der Waals surface area contributed by atoms with Crippen molar-refractivity contribution in [2.75, 3.05) is 20.2 Å². The fourth-order valence-corrected chi connectivity index (χ4v) is 4.64. The molecule has 2 N–H and O–H groups in total. The molecule has 2 heterocycles. The van der Waals surface area contributed by atoms with Crippen molar-refractivity contribution >= 4 is 17.5 Å². The van der Waals surface area contributed by atoms with Gasteiger partial charge >= 0.3 is 0 Å². The molecule has 194 valence electrons. The van der Waals surface area contributed by atoms with Gasteiger partial charge in [0.05, 0.1) is 37.9 Å². The highest BCUT2D eigenvalue weighted by Crippen LogP contribution is 2.51. The Morgan fingerprint density at radius 2 is 1.89 bits per heavy atom. The summed E-state index contributed by atoms with van der Waals surface area (Å²) in [6.45, 7) is -2.51. The number of rotatable bonds is 9. The number of aromatic nitrogens is 1. The van der Waals surface area contributed by atoms with Crippen LogP contribution in [0.2, 0.25) is 5.02 Å². The van der Waals surface area contributed by atoms with Crippen molar-refractivity contribution < 1.29 is 30.0 Å². The minimum absolute atomic E-state index is 0.0427. The van der Waals surface area contributed by atoms with E-state index >= 15 is 0 Å². The van der Waals surface area contributed by atoms with Gasteiger partial charge < -0.3 is 19.7 Å². The number of halogens is 1. The second-order valence-corrected chi connectivity index (χ2v) is 10.4. The van der Waals surface area contributed by atoms with Gasteiger partial charge in [0.1, 0.15) is 0 Å². The molecule has 8 heteroatoms. The van der Waals surface area contributed by atoms with Crippen LogP contribution in [0.5, 0.6) is 5.88 Å². The van der Waals surface area contributed by atoms with Crippen molar-refractivity contribution in [3.63, 3.8) is 0 Å². The van der Waals surface area contributed by atoms with Gasteiger partial charge in [-0.05, 0) is 56.0 Å². The van der Waals surface area contributed by atoms with Crippen LogP contribution in [0.15, 0.2) is 60.8 Å². The van der Waals surface area contributed by atoms with Crippen LogP contribution < -0.4 is 4.74 Å². The van der Waals surface area contributed by atoms with E-state index in [4.69, 9.17) is 26.6 Å². The largest absolute Gasteiger partial charge is 0.481 e. The Balaban J connectivity index is 1.76. The standard InChI is InChI=1S/C29H31ClN2O5/c1-27(2,35)21-7-10-24-23(14-21)26(34)32(16-19-4-11-25(36-3)31-15-19)29(24,20-5-8-22(30)9-6-20)37-18-28(17-33)12-13-28/h4-11,14-15,33,35H,12-13,16-18H2,1-3H3/t29-/m1/s1/i17D2,18D2. The van der Waals surface area contributed by atoms with Crippen LogP contribution in [0, 0.1) is 5.41 Å². The summed E-state index contributed by atoms with van der Waals surface area (Å²) >= 11 is 6.21. The molecule has 1 amide bonds. The first-order chi connectivity index (χ1) is 19.1. The second kappa shape index (κ2) is 9.40. The maximum atomic E-state index is 14.3. The Morgan fingerprint density at radius 3 is 2.46 bits per heavy atom. The molecule has 0 radical (unpaired) electrons. The van der Waals surface area contributed by atoms with Gasteiger partial charge in [0, 0.05) is 39.4 Å². The van der Waals surface area contributed by atoms with Crippen LogP contribution in [0.25, 0.3) is 0 Å². The first-order valence-corrected chi connectivity index (χ1v) is 12.3. The summed E-state index contributed by atoms with van der Waals surface area (Å²) in [5.74, 6) is -0.124. The number of ether oxygens (including phenoxy) is 2. The van der Waals surface area contributed by atoms with E-state index in [1.54, 1.807) is 68.4 Å². The number of fused-ring (bicyclic) bond motifs is 1. The topological polar surface area (TPSA) is 92.1 Å². The number of hydrogen-bond acceptors (Lipinski definition) is 6. The Morgan fingerprint density at radius 1 is 1.16 bits per heavy atom. The van der Waals surface area contributed by atoms with Crippen molar-refractivity contribution in [2.24, 2.45) is 5.41 Å². The van der Waals surface area contributed by atoms with Crippen LogP contribution in [-0.2, 0) is 22.6 Å². The zero-order chi connectivity index (χ0) is 30.0. The lowest BCUT2D eigenvalue weighted by atomic mass is 9.89. The fourth-order valence-electron chi connectivity index (χ4n) is 4.51. The summed E-state index contributed by atoms with van der Waals surface area (Å²) in [7, 11) is 1.48. The summed E-state index contributed by atoms with van der Waals surface area (Å²) in [4.78, 5) is 19.9. The SMILES string of the molecule is [2H]C([2H])(O)C1(C([2H])([2H])O[C@]2(c3ccc(Cl)cc3)c3ccc(C(C)(C)O)cc3C(=O)N2Cc2ccc(OC)nc2)CC1. The predicted octanol–water partition coefficient (Wildman–Crippen LogP) is 4.62. The quantitative estimate of drug-likeness (QED) is 0.423. The van der Waals surface area contributed by atoms with Crippen molar-refractivity contribution in [3.8, 4) is 5.88 Å². The third-order valence-electron chi connectivity index (χ3n) is 6.89. The average Bonchev–Trinajstić information content (AvgIpc) is 3.71.